The van der Waals surface area contributed by atoms with Crippen molar-refractivity contribution in [3.63, 3.8) is 0 Å². The lowest BCUT2D eigenvalue weighted by molar-refractivity contribution is -0.0418. The Bertz CT molecular complexity index is 164. The minimum absolute atomic E-state index is 0.234. The van der Waals surface area contributed by atoms with Crippen molar-refractivity contribution in [3.05, 3.63) is 0 Å². The summed E-state index contributed by atoms with van der Waals surface area (Å²) in [6.07, 6.45) is 6.14. The Morgan fingerprint density at radius 3 is 2.50 bits per heavy atom. The van der Waals surface area contributed by atoms with Crippen LogP contribution in [0.25, 0.3) is 0 Å². The van der Waals surface area contributed by atoms with Crippen LogP contribution in [0.2, 0.25) is 0 Å². The Hall–Kier alpha value is -0.560. The normalized spacial score (nSPS) is 17.9. The van der Waals surface area contributed by atoms with Crippen molar-refractivity contribution in [1.29, 1.82) is 0 Å². The molecule has 0 rings (SSSR count). The molecule has 0 bridgehead atoms. The van der Waals surface area contributed by atoms with E-state index in [1.165, 1.54) is 0 Å². The zero-order valence-corrected chi connectivity index (χ0v) is 8.05. The highest BCUT2D eigenvalue weighted by atomic mass is 16.5. The van der Waals surface area contributed by atoms with Gasteiger partial charge in [0.25, 0.3) is 0 Å². The lowest BCUT2D eigenvalue weighted by Crippen LogP contribution is -2.52. The molecule has 70 valence electrons. The second-order valence-corrected chi connectivity index (χ2v) is 2.87. The van der Waals surface area contributed by atoms with Gasteiger partial charge in [0.15, 0.2) is 0 Å². The van der Waals surface area contributed by atoms with Gasteiger partial charge < -0.3 is 4.74 Å². The molecule has 3 nitrogen and oxygen atoms in total. The number of ether oxygens (including phenoxy) is 1. The van der Waals surface area contributed by atoms with Crippen molar-refractivity contribution >= 4 is 0 Å². The Kier molecular flexibility index (Phi) is 4.91. The van der Waals surface area contributed by atoms with Crippen molar-refractivity contribution in [2.75, 3.05) is 6.61 Å². The molecule has 0 amide bonds. The van der Waals surface area contributed by atoms with Crippen LogP contribution in [-0.4, -0.2) is 18.2 Å². The number of rotatable bonds is 5. The Morgan fingerprint density at radius 1 is 1.67 bits per heavy atom. The molecule has 0 saturated heterocycles. The molecule has 0 aromatic heterocycles. The van der Waals surface area contributed by atoms with Gasteiger partial charge in [0, 0.05) is 6.61 Å². The fourth-order valence-corrected chi connectivity index (χ4v) is 1.12. The summed E-state index contributed by atoms with van der Waals surface area (Å²) in [7, 11) is 0. The first-order valence-corrected chi connectivity index (χ1v) is 4.20. The largest absolute Gasteiger partial charge is 0.373 e. The third kappa shape index (κ3) is 2.49. The summed E-state index contributed by atoms with van der Waals surface area (Å²) in [5.74, 6) is 7.87. The highest BCUT2D eigenvalue weighted by Crippen LogP contribution is 2.19. The molecule has 0 aromatic carbocycles. The van der Waals surface area contributed by atoms with Crippen LogP contribution in [0.4, 0.5) is 0 Å². The fourth-order valence-electron chi connectivity index (χ4n) is 1.12. The quantitative estimate of drug-likeness (QED) is 0.362. The standard InChI is InChI=1S/C9H18N2O/c1-5-8(11-10)9(4,6-2)12-7-3/h1,8,11H,6-7,10H2,2-4H3. The van der Waals surface area contributed by atoms with Gasteiger partial charge in [-0.1, -0.05) is 12.8 Å². The SMILES string of the molecule is C#CC(NN)C(C)(CC)OCC. The minimum Gasteiger partial charge on any atom is -0.373 e. The summed E-state index contributed by atoms with van der Waals surface area (Å²) in [5, 5.41) is 0. The lowest BCUT2D eigenvalue weighted by Gasteiger charge is -2.33. The molecule has 2 atom stereocenters. The molecule has 0 heterocycles. The van der Waals surface area contributed by atoms with Crippen molar-refractivity contribution < 1.29 is 4.74 Å². The van der Waals surface area contributed by atoms with Gasteiger partial charge in [0.2, 0.25) is 0 Å². The zero-order chi connectivity index (χ0) is 9.61. The number of terminal acetylenes is 1. The van der Waals surface area contributed by atoms with Crippen LogP contribution < -0.4 is 11.3 Å². The van der Waals surface area contributed by atoms with Gasteiger partial charge >= 0.3 is 0 Å². The first kappa shape index (κ1) is 11.4. The van der Waals surface area contributed by atoms with E-state index in [4.69, 9.17) is 17.0 Å². The molecule has 0 radical (unpaired) electrons. The van der Waals surface area contributed by atoms with E-state index in [1.54, 1.807) is 0 Å². The highest BCUT2D eigenvalue weighted by Gasteiger charge is 2.30. The Labute approximate surface area is 74.6 Å². The smallest absolute Gasteiger partial charge is 0.110 e. The van der Waals surface area contributed by atoms with Crippen LogP contribution in [0.1, 0.15) is 27.2 Å². The maximum Gasteiger partial charge on any atom is 0.110 e. The molecule has 12 heavy (non-hydrogen) atoms. The molecular formula is C9H18N2O. The number of nitrogens with two attached hydrogens (primary N) is 1. The van der Waals surface area contributed by atoms with Gasteiger partial charge in [0.1, 0.15) is 6.04 Å². The average Bonchev–Trinajstić information content (AvgIpc) is 2.07. The summed E-state index contributed by atoms with van der Waals surface area (Å²) in [6, 6.07) is -0.234. The van der Waals surface area contributed by atoms with Gasteiger partial charge in [-0.25, -0.2) is 5.43 Å². The Morgan fingerprint density at radius 2 is 2.25 bits per heavy atom. The van der Waals surface area contributed by atoms with Crippen molar-refractivity contribution in [1.82, 2.24) is 5.43 Å². The van der Waals surface area contributed by atoms with Gasteiger partial charge in [0.05, 0.1) is 5.60 Å². The van der Waals surface area contributed by atoms with Gasteiger partial charge in [-0.05, 0) is 20.3 Å². The number of hydrogen-bond acceptors (Lipinski definition) is 3. The van der Waals surface area contributed by atoms with Crippen LogP contribution in [-0.2, 0) is 4.74 Å². The van der Waals surface area contributed by atoms with Gasteiger partial charge in [-0.2, -0.15) is 0 Å². The average molecular weight is 170 g/mol. The molecule has 3 N–H and O–H groups in total. The van der Waals surface area contributed by atoms with Crippen LogP contribution >= 0.6 is 0 Å². The molecule has 2 unspecified atom stereocenters. The Balaban J connectivity index is 4.38. The van der Waals surface area contributed by atoms with E-state index in [1.807, 2.05) is 20.8 Å². The van der Waals surface area contributed by atoms with E-state index < -0.39 is 0 Å². The highest BCUT2D eigenvalue weighted by molar-refractivity contribution is 5.07. The summed E-state index contributed by atoms with van der Waals surface area (Å²) < 4.78 is 5.54. The minimum atomic E-state index is -0.363. The predicted octanol–water partition coefficient (Wildman–Crippen LogP) is 0.657. The topological polar surface area (TPSA) is 47.3 Å². The van der Waals surface area contributed by atoms with E-state index in [0.29, 0.717) is 6.61 Å². The fraction of sp³-hybridized carbons (Fsp3) is 0.778. The predicted molar refractivity (Wildman–Crippen MR) is 50.3 cm³/mol. The van der Waals surface area contributed by atoms with Gasteiger partial charge in [-0.3, -0.25) is 5.84 Å². The van der Waals surface area contributed by atoms with Crippen molar-refractivity contribution in [2.24, 2.45) is 5.84 Å². The van der Waals surface area contributed by atoms with E-state index in [9.17, 15) is 0 Å². The zero-order valence-electron chi connectivity index (χ0n) is 8.05. The maximum absolute atomic E-state index is 5.54. The molecule has 0 aliphatic heterocycles. The molecule has 0 fully saturated rings. The van der Waals surface area contributed by atoms with E-state index in [-0.39, 0.29) is 11.6 Å². The molecule has 0 aromatic rings. The molecule has 0 aliphatic rings. The van der Waals surface area contributed by atoms with Crippen LogP contribution in [0.5, 0.6) is 0 Å². The van der Waals surface area contributed by atoms with Crippen LogP contribution in [0.15, 0.2) is 0 Å². The number of nitrogens with one attached hydrogen (secondary N) is 1. The molecule has 0 aliphatic carbocycles. The molecule has 0 saturated carbocycles. The number of hydrogen-bond donors (Lipinski definition) is 2. The second-order valence-electron chi connectivity index (χ2n) is 2.87. The summed E-state index contributed by atoms with van der Waals surface area (Å²) >= 11 is 0. The summed E-state index contributed by atoms with van der Waals surface area (Å²) in [6.45, 7) is 6.57. The van der Waals surface area contributed by atoms with Crippen molar-refractivity contribution in [3.8, 4) is 12.3 Å². The van der Waals surface area contributed by atoms with Crippen molar-refractivity contribution in [2.45, 2.75) is 38.8 Å². The van der Waals surface area contributed by atoms with E-state index in [0.717, 1.165) is 6.42 Å². The monoisotopic (exact) mass is 170 g/mol. The molecule has 3 heteroatoms. The van der Waals surface area contributed by atoms with Crippen LogP contribution in [0.3, 0.4) is 0 Å². The molecule has 0 spiro atoms. The number of hydrazine groups is 1. The first-order valence-electron chi connectivity index (χ1n) is 4.20. The van der Waals surface area contributed by atoms with Crippen LogP contribution in [0, 0.1) is 12.3 Å². The van der Waals surface area contributed by atoms with E-state index >= 15 is 0 Å². The lowest BCUT2D eigenvalue weighted by atomic mass is 9.94. The summed E-state index contributed by atoms with van der Waals surface area (Å²) in [4.78, 5) is 0. The first-order chi connectivity index (χ1) is 5.64. The molecular weight excluding hydrogens is 152 g/mol. The summed E-state index contributed by atoms with van der Waals surface area (Å²) in [5.41, 5.74) is 2.20. The third-order valence-electron chi connectivity index (χ3n) is 2.12. The van der Waals surface area contributed by atoms with Gasteiger partial charge in [-0.15, -0.1) is 6.42 Å². The third-order valence-corrected chi connectivity index (χ3v) is 2.12. The van der Waals surface area contributed by atoms with E-state index in [2.05, 4.69) is 11.3 Å². The maximum atomic E-state index is 5.54. The second kappa shape index (κ2) is 5.15.